The zero-order chi connectivity index (χ0) is 23.6. The summed E-state index contributed by atoms with van der Waals surface area (Å²) in [5.41, 5.74) is 4.40. The number of rotatable bonds is 11. The SMILES string of the molecule is CCCN(c1ccc([C@H](COC)CC(=O)O)cc1Nc1ccc(C#N)cc1)C1CCOCC1. The molecule has 0 unspecified atom stereocenters. The number of carboxylic acids is 1. The minimum absolute atomic E-state index is 0.00211. The molecule has 7 nitrogen and oxygen atoms in total. The molecule has 1 aliphatic heterocycles. The maximum absolute atomic E-state index is 11.4. The Morgan fingerprint density at radius 1 is 1.27 bits per heavy atom. The molecule has 176 valence electrons. The Morgan fingerprint density at radius 2 is 2.00 bits per heavy atom. The van der Waals surface area contributed by atoms with E-state index < -0.39 is 5.97 Å². The van der Waals surface area contributed by atoms with Crippen molar-refractivity contribution < 1.29 is 19.4 Å². The number of carbonyl (C=O) groups is 1. The van der Waals surface area contributed by atoms with Crippen molar-refractivity contribution in [2.45, 2.75) is 44.6 Å². The Labute approximate surface area is 195 Å². The molecule has 33 heavy (non-hydrogen) atoms. The van der Waals surface area contributed by atoms with Gasteiger partial charge in [0.25, 0.3) is 0 Å². The van der Waals surface area contributed by atoms with E-state index in [1.807, 2.05) is 24.3 Å². The molecule has 1 atom stereocenters. The second-order valence-electron chi connectivity index (χ2n) is 8.38. The van der Waals surface area contributed by atoms with Crippen molar-refractivity contribution in [3.8, 4) is 6.07 Å². The van der Waals surface area contributed by atoms with Crippen molar-refractivity contribution in [2.24, 2.45) is 0 Å². The molecular weight excluding hydrogens is 418 g/mol. The van der Waals surface area contributed by atoms with Gasteiger partial charge in [0.05, 0.1) is 36.0 Å². The van der Waals surface area contributed by atoms with E-state index in [2.05, 4.69) is 29.3 Å². The Hall–Kier alpha value is -3.08. The molecule has 1 saturated heterocycles. The third-order valence-electron chi connectivity index (χ3n) is 5.98. The molecule has 0 radical (unpaired) electrons. The first-order valence-corrected chi connectivity index (χ1v) is 11.5. The van der Waals surface area contributed by atoms with Gasteiger partial charge in [0.1, 0.15) is 0 Å². The number of carboxylic acid groups (broad SMARTS) is 1. The van der Waals surface area contributed by atoms with Crippen LogP contribution in [0.1, 0.15) is 49.7 Å². The number of aliphatic carboxylic acids is 1. The molecule has 1 fully saturated rings. The standard InChI is InChI=1S/C26H33N3O4/c1-3-12-29(23-10-13-33-14-11-23)25-9-6-20(21(18-32-2)16-26(30)31)15-24(25)28-22-7-4-19(17-27)5-8-22/h4-9,15,21,23,28H,3,10-14,16,18H2,1-2H3,(H,30,31)/t21-/m0/s1. The lowest BCUT2D eigenvalue weighted by atomic mass is 9.94. The van der Waals surface area contributed by atoms with Gasteiger partial charge < -0.3 is 24.8 Å². The van der Waals surface area contributed by atoms with Crippen molar-refractivity contribution in [2.75, 3.05) is 43.7 Å². The molecule has 0 spiro atoms. The average Bonchev–Trinajstić information content (AvgIpc) is 2.83. The number of ether oxygens (including phenoxy) is 2. The fourth-order valence-corrected chi connectivity index (χ4v) is 4.36. The summed E-state index contributed by atoms with van der Waals surface area (Å²) in [6.45, 7) is 4.95. The van der Waals surface area contributed by atoms with Gasteiger partial charge >= 0.3 is 5.97 Å². The van der Waals surface area contributed by atoms with Crippen LogP contribution in [0.2, 0.25) is 0 Å². The topological polar surface area (TPSA) is 94.8 Å². The molecule has 0 bridgehead atoms. The molecule has 7 heteroatoms. The monoisotopic (exact) mass is 451 g/mol. The summed E-state index contributed by atoms with van der Waals surface area (Å²) in [5.74, 6) is -1.09. The van der Waals surface area contributed by atoms with Crippen molar-refractivity contribution in [3.63, 3.8) is 0 Å². The van der Waals surface area contributed by atoms with Crippen LogP contribution >= 0.6 is 0 Å². The highest BCUT2D eigenvalue weighted by Gasteiger charge is 2.25. The van der Waals surface area contributed by atoms with Gasteiger partial charge in [-0.15, -0.1) is 0 Å². The highest BCUT2D eigenvalue weighted by Crippen LogP contribution is 2.36. The maximum atomic E-state index is 11.4. The smallest absolute Gasteiger partial charge is 0.304 e. The molecule has 3 rings (SSSR count). The molecule has 0 saturated carbocycles. The minimum atomic E-state index is -0.849. The Balaban J connectivity index is 2.01. The number of anilines is 3. The van der Waals surface area contributed by atoms with E-state index in [0.717, 1.165) is 61.6 Å². The van der Waals surface area contributed by atoms with Crippen LogP contribution in [0.4, 0.5) is 17.1 Å². The van der Waals surface area contributed by atoms with E-state index in [-0.39, 0.29) is 12.3 Å². The molecule has 2 aromatic carbocycles. The van der Waals surface area contributed by atoms with Gasteiger partial charge in [0.2, 0.25) is 0 Å². The van der Waals surface area contributed by atoms with Crippen LogP contribution in [0, 0.1) is 11.3 Å². The summed E-state index contributed by atoms with van der Waals surface area (Å²) in [7, 11) is 1.59. The lowest BCUT2D eigenvalue weighted by molar-refractivity contribution is -0.137. The molecule has 2 aromatic rings. The molecule has 2 N–H and O–H groups in total. The predicted octanol–water partition coefficient (Wildman–Crippen LogP) is 4.90. The number of methoxy groups -OCH3 is 1. The van der Waals surface area contributed by atoms with Crippen LogP contribution in [0.3, 0.4) is 0 Å². The van der Waals surface area contributed by atoms with Crippen molar-refractivity contribution in [1.29, 1.82) is 5.26 Å². The van der Waals surface area contributed by atoms with Crippen LogP contribution < -0.4 is 10.2 Å². The summed E-state index contributed by atoms with van der Waals surface area (Å²) in [4.78, 5) is 13.9. The fraction of sp³-hybridized carbons (Fsp3) is 0.462. The number of hydrogen-bond acceptors (Lipinski definition) is 6. The van der Waals surface area contributed by atoms with Gasteiger partial charge in [-0.1, -0.05) is 13.0 Å². The van der Waals surface area contributed by atoms with Crippen LogP contribution in [0.25, 0.3) is 0 Å². The fourth-order valence-electron chi connectivity index (χ4n) is 4.36. The van der Waals surface area contributed by atoms with Gasteiger partial charge in [0, 0.05) is 44.5 Å². The highest BCUT2D eigenvalue weighted by molar-refractivity contribution is 5.77. The third kappa shape index (κ3) is 6.70. The number of nitriles is 1. The van der Waals surface area contributed by atoms with E-state index in [0.29, 0.717) is 18.2 Å². The van der Waals surface area contributed by atoms with Gasteiger partial charge in [-0.2, -0.15) is 5.26 Å². The quantitative estimate of drug-likeness (QED) is 0.502. The lowest BCUT2D eigenvalue weighted by Gasteiger charge is -2.37. The lowest BCUT2D eigenvalue weighted by Crippen LogP contribution is -2.40. The maximum Gasteiger partial charge on any atom is 0.304 e. The number of benzene rings is 2. The predicted molar refractivity (Wildman–Crippen MR) is 129 cm³/mol. The zero-order valence-corrected chi connectivity index (χ0v) is 19.4. The molecule has 0 aromatic heterocycles. The van der Waals surface area contributed by atoms with Crippen molar-refractivity contribution in [3.05, 3.63) is 53.6 Å². The Kier molecular flexibility index (Phi) is 9.11. The van der Waals surface area contributed by atoms with Crippen LogP contribution in [-0.2, 0) is 14.3 Å². The molecule has 0 aliphatic carbocycles. The number of nitrogens with one attached hydrogen (secondary N) is 1. The van der Waals surface area contributed by atoms with E-state index in [1.165, 1.54) is 0 Å². The van der Waals surface area contributed by atoms with E-state index >= 15 is 0 Å². The molecular formula is C26H33N3O4. The number of nitrogens with zero attached hydrogens (tertiary/aromatic N) is 2. The van der Waals surface area contributed by atoms with Crippen molar-refractivity contribution >= 4 is 23.0 Å². The van der Waals surface area contributed by atoms with Gasteiger partial charge in [-0.05, 0) is 61.2 Å². The van der Waals surface area contributed by atoms with Crippen LogP contribution in [-0.4, -0.2) is 50.6 Å². The van der Waals surface area contributed by atoms with E-state index in [1.54, 1.807) is 19.2 Å². The van der Waals surface area contributed by atoms with Gasteiger partial charge in [-0.25, -0.2) is 0 Å². The first-order valence-electron chi connectivity index (χ1n) is 11.5. The largest absolute Gasteiger partial charge is 0.481 e. The van der Waals surface area contributed by atoms with Crippen LogP contribution in [0.5, 0.6) is 0 Å². The van der Waals surface area contributed by atoms with E-state index in [9.17, 15) is 9.90 Å². The summed E-state index contributed by atoms with van der Waals surface area (Å²) < 4.78 is 10.9. The second-order valence-corrected chi connectivity index (χ2v) is 8.38. The minimum Gasteiger partial charge on any atom is -0.481 e. The zero-order valence-electron chi connectivity index (χ0n) is 19.4. The first-order chi connectivity index (χ1) is 16.0. The summed E-state index contributed by atoms with van der Waals surface area (Å²) >= 11 is 0. The summed E-state index contributed by atoms with van der Waals surface area (Å²) in [5, 5.41) is 22.0. The normalized spacial score (nSPS) is 14.9. The summed E-state index contributed by atoms with van der Waals surface area (Å²) in [6.07, 6.45) is 2.97. The van der Waals surface area contributed by atoms with E-state index in [4.69, 9.17) is 14.7 Å². The average molecular weight is 452 g/mol. The molecule has 0 amide bonds. The first kappa shape index (κ1) is 24.6. The highest BCUT2D eigenvalue weighted by atomic mass is 16.5. The Morgan fingerprint density at radius 3 is 2.61 bits per heavy atom. The summed E-state index contributed by atoms with van der Waals surface area (Å²) in [6, 6.07) is 16.0. The molecule has 1 heterocycles. The van der Waals surface area contributed by atoms with Crippen molar-refractivity contribution in [1.82, 2.24) is 0 Å². The third-order valence-corrected chi connectivity index (χ3v) is 5.98. The van der Waals surface area contributed by atoms with Gasteiger partial charge in [-0.3, -0.25) is 4.79 Å². The Bertz CT molecular complexity index is 949. The van der Waals surface area contributed by atoms with Gasteiger partial charge in [0.15, 0.2) is 0 Å². The second kappa shape index (κ2) is 12.2. The number of hydrogen-bond donors (Lipinski definition) is 2. The van der Waals surface area contributed by atoms with Crippen LogP contribution in [0.15, 0.2) is 42.5 Å². The molecule has 1 aliphatic rings.